The third-order valence-corrected chi connectivity index (χ3v) is 4.82. The van der Waals surface area contributed by atoms with Gasteiger partial charge in [-0.05, 0) is 44.0 Å². The minimum atomic E-state index is -3.56. The van der Waals surface area contributed by atoms with Crippen LogP contribution in [0.25, 0.3) is 0 Å². The Morgan fingerprint density at radius 2 is 1.57 bits per heavy atom. The van der Waals surface area contributed by atoms with Gasteiger partial charge in [-0.15, -0.1) is 0 Å². The summed E-state index contributed by atoms with van der Waals surface area (Å²) in [6.45, 7) is 1.93. The van der Waals surface area contributed by atoms with E-state index in [2.05, 4.69) is 10.0 Å². The van der Waals surface area contributed by atoms with E-state index in [-0.39, 0.29) is 4.90 Å². The van der Waals surface area contributed by atoms with E-state index >= 15 is 0 Å². The van der Waals surface area contributed by atoms with Crippen LogP contribution in [0.5, 0.6) is 0 Å². The number of para-hydroxylation sites is 2. The lowest BCUT2D eigenvalue weighted by Crippen LogP contribution is -2.15. The van der Waals surface area contributed by atoms with Gasteiger partial charge in [0, 0.05) is 6.04 Å². The summed E-state index contributed by atoms with van der Waals surface area (Å²) in [7, 11) is -3.56. The first-order valence-electron chi connectivity index (χ1n) is 7.00. The summed E-state index contributed by atoms with van der Waals surface area (Å²) in [6.07, 6.45) is 2.28. The van der Waals surface area contributed by atoms with Gasteiger partial charge in [-0.3, -0.25) is 4.72 Å². The first-order valence-corrected chi connectivity index (χ1v) is 8.48. The van der Waals surface area contributed by atoms with Crippen LogP contribution in [0.2, 0.25) is 0 Å². The van der Waals surface area contributed by atoms with E-state index in [1.54, 1.807) is 30.3 Å². The van der Waals surface area contributed by atoms with Crippen LogP contribution in [0.1, 0.15) is 18.4 Å². The number of hydrogen-bond acceptors (Lipinski definition) is 3. The van der Waals surface area contributed by atoms with Crippen molar-refractivity contribution < 1.29 is 8.42 Å². The maximum Gasteiger partial charge on any atom is 0.261 e. The third-order valence-electron chi connectivity index (χ3n) is 3.44. The standard InChI is InChI=1S/C16H18N2O2S/c1-12-6-10-14(11-7-12)21(19,20)18-16-5-3-2-4-15(16)17-13-8-9-13/h2-7,10-11,13,17-18H,8-9H2,1H3. The molecule has 0 atom stereocenters. The van der Waals surface area contributed by atoms with Gasteiger partial charge in [-0.25, -0.2) is 8.42 Å². The molecule has 0 radical (unpaired) electrons. The Morgan fingerprint density at radius 3 is 2.19 bits per heavy atom. The maximum absolute atomic E-state index is 12.4. The first kappa shape index (κ1) is 13.9. The molecule has 21 heavy (non-hydrogen) atoms. The minimum absolute atomic E-state index is 0.273. The van der Waals surface area contributed by atoms with Gasteiger partial charge in [0.25, 0.3) is 10.0 Å². The van der Waals surface area contributed by atoms with E-state index in [0.717, 1.165) is 24.1 Å². The van der Waals surface area contributed by atoms with E-state index in [9.17, 15) is 8.42 Å². The van der Waals surface area contributed by atoms with Gasteiger partial charge >= 0.3 is 0 Å². The van der Waals surface area contributed by atoms with Gasteiger partial charge in [0.15, 0.2) is 0 Å². The molecule has 1 aliphatic rings. The minimum Gasteiger partial charge on any atom is -0.381 e. The molecular weight excluding hydrogens is 284 g/mol. The Labute approximate surface area is 125 Å². The zero-order chi connectivity index (χ0) is 14.9. The topological polar surface area (TPSA) is 58.2 Å². The van der Waals surface area contributed by atoms with E-state index in [4.69, 9.17) is 0 Å². The number of nitrogens with one attached hydrogen (secondary N) is 2. The van der Waals surface area contributed by atoms with E-state index < -0.39 is 10.0 Å². The Bertz CT molecular complexity index is 735. The molecule has 0 aliphatic heterocycles. The number of hydrogen-bond donors (Lipinski definition) is 2. The van der Waals surface area contributed by atoms with Crippen LogP contribution in [0.15, 0.2) is 53.4 Å². The highest BCUT2D eigenvalue weighted by Crippen LogP contribution is 2.30. The molecule has 4 nitrogen and oxygen atoms in total. The van der Waals surface area contributed by atoms with Crippen molar-refractivity contribution in [1.29, 1.82) is 0 Å². The molecule has 0 unspecified atom stereocenters. The molecule has 0 heterocycles. The molecule has 3 rings (SSSR count). The fourth-order valence-corrected chi connectivity index (χ4v) is 3.15. The second-order valence-electron chi connectivity index (χ2n) is 5.38. The molecule has 0 amide bonds. The molecule has 5 heteroatoms. The largest absolute Gasteiger partial charge is 0.381 e. The molecule has 2 aromatic rings. The molecule has 0 saturated heterocycles. The highest BCUT2D eigenvalue weighted by molar-refractivity contribution is 7.92. The molecule has 1 fully saturated rings. The first-order chi connectivity index (χ1) is 10.0. The van der Waals surface area contributed by atoms with E-state index in [0.29, 0.717) is 11.7 Å². The smallest absolute Gasteiger partial charge is 0.261 e. The highest BCUT2D eigenvalue weighted by Gasteiger charge is 2.23. The Kier molecular flexibility index (Phi) is 3.59. The normalized spacial score (nSPS) is 14.7. The Morgan fingerprint density at radius 1 is 0.952 bits per heavy atom. The summed E-state index contributed by atoms with van der Waals surface area (Å²) in [5.41, 5.74) is 2.45. The maximum atomic E-state index is 12.4. The second kappa shape index (κ2) is 5.41. The van der Waals surface area contributed by atoms with E-state index in [1.807, 2.05) is 25.1 Å². The van der Waals surface area contributed by atoms with Crippen molar-refractivity contribution in [2.75, 3.05) is 10.0 Å². The average molecular weight is 302 g/mol. The predicted octanol–water partition coefficient (Wildman–Crippen LogP) is 3.37. The number of anilines is 2. The van der Waals surface area contributed by atoms with Gasteiger partial charge in [0.05, 0.1) is 16.3 Å². The van der Waals surface area contributed by atoms with Crippen LogP contribution in [-0.2, 0) is 10.0 Å². The van der Waals surface area contributed by atoms with Crippen molar-refractivity contribution in [3.05, 3.63) is 54.1 Å². The van der Waals surface area contributed by atoms with E-state index in [1.165, 1.54) is 0 Å². The van der Waals surface area contributed by atoms with Crippen LogP contribution >= 0.6 is 0 Å². The summed E-state index contributed by atoms with van der Waals surface area (Å²) >= 11 is 0. The predicted molar refractivity (Wildman–Crippen MR) is 85.1 cm³/mol. The molecular formula is C16H18N2O2S. The summed E-state index contributed by atoms with van der Waals surface area (Å²) in [5, 5.41) is 3.34. The van der Waals surface area contributed by atoms with Crippen LogP contribution in [0, 0.1) is 6.92 Å². The SMILES string of the molecule is Cc1ccc(S(=O)(=O)Nc2ccccc2NC2CC2)cc1. The molecule has 0 bridgehead atoms. The summed E-state index contributed by atoms with van der Waals surface area (Å²) < 4.78 is 27.5. The lowest BCUT2D eigenvalue weighted by atomic mass is 10.2. The number of rotatable bonds is 5. The molecule has 1 saturated carbocycles. The molecule has 110 valence electrons. The zero-order valence-electron chi connectivity index (χ0n) is 11.8. The molecule has 0 spiro atoms. The van der Waals surface area contributed by atoms with Crippen LogP contribution in [-0.4, -0.2) is 14.5 Å². The highest BCUT2D eigenvalue weighted by atomic mass is 32.2. The molecule has 2 N–H and O–H groups in total. The Hall–Kier alpha value is -2.01. The van der Waals surface area contributed by atoms with Crippen molar-refractivity contribution in [3.63, 3.8) is 0 Å². The third kappa shape index (κ3) is 3.36. The lowest BCUT2D eigenvalue weighted by Gasteiger charge is -2.14. The van der Waals surface area contributed by atoms with Crippen LogP contribution < -0.4 is 10.0 Å². The molecule has 0 aromatic heterocycles. The van der Waals surface area contributed by atoms with Crippen molar-refractivity contribution >= 4 is 21.4 Å². The van der Waals surface area contributed by atoms with Crippen LogP contribution in [0.4, 0.5) is 11.4 Å². The van der Waals surface area contributed by atoms with Gasteiger partial charge in [0.1, 0.15) is 0 Å². The fraction of sp³-hybridized carbons (Fsp3) is 0.250. The van der Waals surface area contributed by atoms with Crippen molar-refractivity contribution in [1.82, 2.24) is 0 Å². The monoisotopic (exact) mass is 302 g/mol. The molecule has 2 aromatic carbocycles. The summed E-state index contributed by atoms with van der Waals surface area (Å²) in [4.78, 5) is 0.273. The van der Waals surface area contributed by atoms with Crippen molar-refractivity contribution in [2.45, 2.75) is 30.7 Å². The fourth-order valence-electron chi connectivity index (χ4n) is 2.07. The van der Waals surface area contributed by atoms with Crippen molar-refractivity contribution in [3.8, 4) is 0 Å². The summed E-state index contributed by atoms with van der Waals surface area (Å²) in [6, 6.07) is 14.7. The average Bonchev–Trinajstić information content (AvgIpc) is 3.25. The van der Waals surface area contributed by atoms with Gasteiger partial charge in [0.2, 0.25) is 0 Å². The second-order valence-corrected chi connectivity index (χ2v) is 7.07. The number of benzene rings is 2. The number of aryl methyl sites for hydroxylation is 1. The van der Waals surface area contributed by atoms with Crippen LogP contribution in [0.3, 0.4) is 0 Å². The Balaban J connectivity index is 1.86. The van der Waals surface area contributed by atoms with Gasteiger partial charge in [-0.2, -0.15) is 0 Å². The lowest BCUT2D eigenvalue weighted by molar-refractivity contribution is 0.601. The quantitative estimate of drug-likeness (QED) is 0.890. The molecule has 1 aliphatic carbocycles. The zero-order valence-corrected chi connectivity index (χ0v) is 12.7. The van der Waals surface area contributed by atoms with Gasteiger partial charge in [-0.1, -0.05) is 29.8 Å². The van der Waals surface area contributed by atoms with Crippen molar-refractivity contribution in [2.24, 2.45) is 0 Å². The summed E-state index contributed by atoms with van der Waals surface area (Å²) in [5.74, 6) is 0. The van der Waals surface area contributed by atoms with Gasteiger partial charge < -0.3 is 5.32 Å². The number of sulfonamides is 1.